The Labute approximate surface area is 148 Å². The van der Waals surface area contributed by atoms with Gasteiger partial charge >= 0.3 is 0 Å². The van der Waals surface area contributed by atoms with Gasteiger partial charge in [-0.1, -0.05) is 5.16 Å². The maximum Gasteiger partial charge on any atom is 0.240 e. The minimum Gasteiger partial charge on any atom is -0.384 e. The van der Waals surface area contributed by atoms with Gasteiger partial charge < -0.3 is 18.9 Å². The average molecular weight is 352 g/mol. The van der Waals surface area contributed by atoms with Gasteiger partial charge in [0.25, 0.3) is 0 Å². The van der Waals surface area contributed by atoms with Crippen LogP contribution in [0.2, 0.25) is 0 Å². The van der Waals surface area contributed by atoms with Crippen molar-refractivity contribution in [3.8, 4) is 0 Å². The number of hydrogen-bond acceptors (Lipinski definition) is 7. The molecule has 8 heteroatoms. The molecule has 140 valence electrons. The first-order valence-corrected chi connectivity index (χ1v) is 8.98. The highest BCUT2D eigenvalue weighted by atomic mass is 16.5. The summed E-state index contributed by atoms with van der Waals surface area (Å²) < 4.78 is 15.5. The van der Waals surface area contributed by atoms with Crippen molar-refractivity contribution in [3.05, 3.63) is 11.7 Å². The Kier molecular flexibility index (Phi) is 6.03. The van der Waals surface area contributed by atoms with E-state index in [-0.39, 0.29) is 11.3 Å². The molecule has 0 aliphatic carbocycles. The lowest BCUT2D eigenvalue weighted by atomic mass is 9.78. The van der Waals surface area contributed by atoms with Crippen LogP contribution in [0.15, 0.2) is 4.52 Å². The van der Waals surface area contributed by atoms with Crippen molar-refractivity contribution < 1.29 is 18.8 Å². The molecule has 0 bridgehead atoms. The maximum absolute atomic E-state index is 13.0. The van der Waals surface area contributed by atoms with Crippen molar-refractivity contribution in [1.29, 1.82) is 0 Å². The molecule has 2 aliphatic heterocycles. The molecule has 1 spiro atoms. The molecule has 25 heavy (non-hydrogen) atoms. The Hall–Kier alpha value is -1.51. The molecule has 2 saturated heterocycles. The smallest absolute Gasteiger partial charge is 0.240 e. The van der Waals surface area contributed by atoms with Gasteiger partial charge in [-0.15, -0.1) is 0 Å². The Morgan fingerprint density at radius 2 is 2.04 bits per heavy atom. The highest BCUT2D eigenvalue weighted by Crippen LogP contribution is 2.40. The molecule has 3 heterocycles. The third-order valence-electron chi connectivity index (χ3n) is 5.22. The second-order valence-corrected chi connectivity index (χ2v) is 6.98. The van der Waals surface area contributed by atoms with E-state index in [0.29, 0.717) is 44.4 Å². The summed E-state index contributed by atoms with van der Waals surface area (Å²) in [6.45, 7) is 4.97. The molecule has 2 fully saturated rings. The Morgan fingerprint density at radius 1 is 1.20 bits per heavy atom. The summed E-state index contributed by atoms with van der Waals surface area (Å²) in [5.41, 5.74) is -0.245. The fraction of sp³-hybridized carbons (Fsp3) is 0.824. The Balaban J connectivity index is 1.57. The van der Waals surface area contributed by atoms with Crippen molar-refractivity contribution >= 4 is 5.91 Å². The van der Waals surface area contributed by atoms with Crippen LogP contribution < -0.4 is 0 Å². The van der Waals surface area contributed by atoms with Crippen molar-refractivity contribution in [2.45, 2.75) is 32.2 Å². The number of rotatable bonds is 8. The van der Waals surface area contributed by atoms with Crippen LogP contribution in [0.4, 0.5) is 0 Å². The summed E-state index contributed by atoms with van der Waals surface area (Å²) in [5.74, 6) is 1.57. The Morgan fingerprint density at radius 3 is 2.84 bits per heavy atom. The number of hydrogen-bond donors (Lipinski definition) is 0. The van der Waals surface area contributed by atoms with E-state index in [1.54, 1.807) is 14.2 Å². The zero-order valence-corrected chi connectivity index (χ0v) is 15.2. The first-order valence-electron chi connectivity index (χ1n) is 8.98. The summed E-state index contributed by atoms with van der Waals surface area (Å²) in [6, 6.07) is 0. The summed E-state index contributed by atoms with van der Waals surface area (Å²) >= 11 is 0. The predicted molar refractivity (Wildman–Crippen MR) is 89.9 cm³/mol. The lowest BCUT2D eigenvalue weighted by molar-refractivity contribution is -0.146. The summed E-state index contributed by atoms with van der Waals surface area (Å²) in [6.07, 6.45) is 3.58. The van der Waals surface area contributed by atoms with Gasteiger partial charge in [0, 0.05) is 40.3 Å². The van der Waals surface area contributed by atoms with Gasteiger partial charge in [0.15, 0.2) is 5.82 Å². The summed E-state index contributed by atoms with van der Waals surface area (Å²) in [7, 11) is 3.33. The van der Waals surface area contributed by atoms with Crippen molar-refractivity contribution in [2.24, 2.45) is 5.41 Å². The van der Waals surface area contributed by atoms with Crippen LogP contribution in [0.1, 0.15) is 31.0 Å². The van der Waals surface area contributed by atoms with Crippen LogP contribution in [0.3, 0.4) is 0 Å². The van der Waals surface area contributed by atoms with E-state index in [4.69, 9.17) is 14.0 Å². The number of carbonyl (C=O) groups excluding carboxylic acids is 1. The minimum atomic E-state index is -0.245. The fourth-order valence-corrected chi connectivity index (χ4v) is 3.88. The van der Waals surface area contributed by atoms with Gasteiger partial charge in [0.1, 0.15) is 0 Å². The standard InChI is InChI=1S/C17H28N4O4/c1-23-10-4-14-18-15(25-19-14)12-20-8-6-17(13-20)5-3-7-21(16(17)22)9-11-24-2/h3-13H2,1-2H3. The zero-order chi connectivity index (χ0) is 17.7. The number of nitrogens with zero attached hydrogens (tertiary/aromatic N) is 4. The third-order valence-corrected chi connectivity index (χ3v) is 5.22. The molecule has 0 saturated carbocycles. The summed E-state index contributed by atoms with van der Waals surface area (Å²) in [4.78, 5) is 21.6. The van der Waals surface area contributed by atoms with E-state index in [9.17, 15) is 4.79 Å². The van der Waals surface area contributed by atoms with E-state index in [0.717, 1.165) is 38.9 Å². The van der Waals surface area contributed by atoms with Gasteiger partial charge in [-0.05, 0) is 25.8 Å². The Bertz CT molecular complexity index is 579. The number of amides is 1. The molecule has 0 radical (unpaired) electrons. The van der Waals surface area contributed by atoms with Crippen LogP contribution in [-0.4, -0.2) is 79.5 Å². The fourth-order valence-electron chi connectivity index (χ4n) is 3.88. The number of methoxy groups -OCH3 is 2. The lowest BCUT2D eigenvalue weighted by Gasteiger charge is -2.39. The number of ether oxygens (including phenoxy) is 2. The van der Waals surface area contributed by atoms with Crippen molar-refractivity contribution in [3.63, 3.8) is 0 Å². The first kappa shape index (κ1) is 18.3. The van der Waals surface area contributed by atoms with Gasteiger partial charge in [0.2, 0.25) is 11.8 Å². The second kappa shape index (κ2) is 8.25. The monoisotopic (exact) mass is 352 g/mol. The van der Waals surface area contributed by atoms with Crippen molar-refractivity contribution in [2.75, 3.05) is 53.6 Å². The van der Waals surface area contributed by atoms with Crippen LogP contribution in [0.5, 0.6) is 0 Å². The molecule has 1 unspecified atom stereocenters. The molecule has 0 N–H and O–H groups in total. The lowest BCUT2D eigenvalue weighted by Crippen LogP contribution is -2.50. The molecule has 1 aromatic rings. The number of aromatic nitrogens is 2. The number of carbonyl (C=O) groups is 1. The minimum absolute atomic E-state index is 0.245. The van der Waals surface area contributed by atoms with Crippen LogP contribution in [-0.2, 0) is 27.2 Å². The van der Waals surface area contributed by atoms with Crippen LogP contribution >= 0.6 is 0 Å². The normalized spacial score (nSPS) is 24.6. The van der Waals surface area contributed by atoms with E-state index in [1.165, 1.54) is 0 Å². The SMILES string of the molecule is COCCc1noc(CN2CCC3(CCCN(CCOC)C3=O)C2)n1. The molecule has 2 aliphatic rings. The quantitative estimate of drug-likeness (QED) is 0.682. The van der Waals surface area contributed by atoms with E-state index < -0.39 is 0 Å². The average Bonchev–Trinajstić information content (AvgIpc) is 3.23. The van der Waals surface area contributed by atoms with Gasteiger partial charge in [-0.3, -0.25) is 9.69 Å². The highest BCUT2D eigenvalue weighted by molar-refractivity contribution is 5.84. The van der Waals surface area contributed by atoms with Crippen LogP contribution in [0, 0.1) is 5.41 Å². The first-order chi connectivity index (χ1) is 12.2. The van der Waals surface area contributed by atoms with Gasteiger partial charge in [-0.2, -0.15) is 4.98 Å². The predicted octanol–water partition coefficient (Wildman–Crippen LogP) is 0.719. The topological polar surface area (TPSA) is 80.9 Å². The maximum atomic E-state index is 13.0. The largest absolute Gasteiger partial charge is 0.384 e. The van der Waals surface area contributed by atoms with Crippen molar-refractivity contribution in [1.82, 2.24) is 19.9 Å². The van der Waals surface area contributed by atoms with E-state index in [1.807, 2.05) is 4.90 Å². The second-order valence-electron chi connectivity index (χ2n) is 6.98. The molecule has 3 rings (SSSR count). The summed E-state index contributed by atoms with van der Waals surface area (Å²) in [5, 5.41) is 3.98. The molecule has 1 amide bonds. The molecule has 8 nitrogen and oxygen atoms in total. The third kappa shape index (κ3) is 4.19. The zero-order valence-electron chi connectivity index (χ0n) is 15.2. The molecule has 1 aromatic heterocycles. The van der Waals surface area contributed by atoms with E-state index >= 15 is 0 Å². The molecular weight excluding hydrogens is 324 g/mol. The molecule has 0 aromatic carbocycles. The van der Waals surface area contributed by atoms with E-state index in [2.05, 4.69) is 15.0 Å². The highest BCUT2D eigenvalue weighted by Gasteiger charge is 2.48. The molecule has 1 atom stereocenters. The van der Waals surface area contributed by atoms with Crippen LogP contribution in [0.25, 0.3) is 0 Å². The number of likely N-dealkylation sites (tertiary alicyclic amines) is 2. The van der Waals surface area contributed by atoms with Gasteiger partial charge in [0.05, 0.1) is 25.2 Å². The number of piperidine rings is 1. The molecular formula is C17H28N4O4. The van der Waals surface area contributed by atoms with Gasteiger partial charge in [-0.25, -0.2) is 0 Å².